The number of ether oxygens (including phenoxy) is 1. The van der Waals surface area contributed by atoms with Crippen molar-refractivity contribution in [3.63, 3.8) is 0 Å². The Bertz CT molecular complexity index is 729. The first kappa shape index (κ1) is 18.5. The standard InChI is InChI=1S/C21H25FN2O2/c1-26-15-18-4-2-3-17(11-18)12-23-21(25)14-24(20-9-10-20)13-16-5-7-19(22)8-6-16/h2-8,11,20H,9-10,12-15H2,1H3,(H,23,25). The van der Waals surface area contributed by atoms with E-state index in [4.69, 9.17) is 4.74 Å². The summed E-state index contributed by atoms with van der Waals surface area (Å²) in [5.41, 5.74) is 3.18. The zero-order valence-corrected chi connectivity index (χ0v) is 15.1. The number of amides is 1. The van der Waals surface area contributed by atoms with Gasteiger partial charge in [-0.05, 0) is 41.7 Å². The number of carbonyl (C=O) groups excluding carboxylic acids is 1. The molecule has 1 saturated carbocycles. The van der Waals surface area contributed by atoms with Gasteiger partial charge >= 0.3 is 0 Å². The Morgan fingerprint density at radius 1 is 1.15 bits per heavy atom. The molecule has 0 aromatic heterocycles. The van der Waals surface area contributed by atoms with Crippen molar-refractivity contribution in [1.82, 2.24) is 10.2 Å². The quantitative estimate of drug-likeness (QED) is 0.750. The number of methoxy groups -OCH3 is 1. The predicted molar refractivity (Wildman–Crippen MR) is 98.8 cm³/mol. The van der Waals surface area contributed by atoms with E-state index in [0.29, 0.717) is 32.3 Å². The second kappa shape index (κ2) is 8.92. The highest BCUT2D eigenvalue weighted by molar-refractivity contribution is 5.78. The SMILES string of the molecule is COCc1cccc(CNC(=O)CN(Cc2ccc(F)cc2)C2CC2)c1. The van der Waals surface area contributed by atoms with Gasteiger partial charge in [0, 0.05) is 26.2 Å². The fourth-order valence-electron chi connectivity index (χ4n) is 3.02. The molecular weight excluding hydrogens is 331 g/mol. The van der Waals surface area contributed by atoms with Crippen molar-refractivity contribution >= 4 is 5.91 Å². The van der Waals surface area contributed by atoms with Crippen LogP contribution in [0.1, 0.15) is 29.5 Å². The second-order valence-corrected chi connectivity index (χ2v) is 6.79. The second-order valence-electron chi connectivity index (χ2n) is 6.79. The molecule has 2 aromatic rings. The maximum Gasteiger partial charge on any atom is 0.234 e. The van der Waals surface area contributed by atoms with Crippen molar-refractivity contribution < 1.29 is 13.9 Å². The van der Waals surface area contributed by atoms with Gasteiger partial charge in [-0.3, -0.25) is 9.69 Å². The van der Waals surface area contributed by atoms with Gasteiger partial charge in [-0.2, -0.15) is 0 Å². The number of nitrogens with zero attached hydrogens (tertiary/aromatic N) is 1. The van der Waals surface area contributed by atoms with Crippen molar-refractivity contribution in [2.75, 3.05) is 13.7 Å². The van der Waals surface area contributed by atoms with Crippen LogP contribution in [0.25, 0.3) is 0 Å². The van der Waals surface area contributed by atoms with E-state index < -0.39 is 0 Å². The van der Waals surface area contributed by atoms with Crippen LogP contribution >= 0.6 is 0 Å². The molecule has 0 aliphatic heterocycles. The number of carbonyl (C=O) groups is 1. The van der Waals surface area contributed by atoms with E-state index >= 15 is 0 Å². The van der Waals surface area contributed by atoms with E-state index in [-0.39, 0.29) is 11.7 Å². The molecule has 1 amide bonds. The van der Waals surface area contributed by atoms with E-state index in [1.807, 2.05) is 24.3 Å². The maximum absolute atomic E-state index is 13.1. The summed E-state index contributed by atoms with van der Waals surface area (Å²) < 4.78 is 18.2. The lowest BCUT2D eigenvalue weighted by Crippen LogP contribution is -2.37. The summed E-state index contributed by atoms with van der Waals surface area (Å²) in [5, 5.41) is 2.99. The number of rotatable bonds is 9. The Kier molecular flexibility index (Phi) is 6.36. The predicted octanol–water partition coefficient (Wildman–Crippen LogP) is 3.25. The summed E-state index contributed by atoms with van der Waals surface area (Å²) in [4.78, 5) is 14.5. The monoisotopic (exact) mass is 356 g/mol. The van der Waals surface area contributed by atoms with Gasteiger partial charge in [-0.15, -0.1) is 0 Å². The molecule has 0 radical (unpaired) electrons. The molecule has 1 aliphatic carbocycles. The Hall–Kier alpha value is -2.24. The summed E-state index contributed by atoms with van der Waals surface area (Å²) in [7, 11) is 1.67. The summed E-state index contributed by atoms with van der Waals surface area (Å²) >= 11 is 0. The largest absolute Gasteiger partial charge is 0.380 e. The molecule has 2 aromatic carbocycles. The average Bonchev–Trinajstić information content (AvgIpc) is 3.47. The molecule has 1 aliphatic rings. The number of hydrogen-bond acceptors (Lipinski definition) is 3. The van der Waals surface area contributed by atoms with Crippen LogP contribution in [0.15, 0.2) is 48.5 Å². The van der Waals surface area contributed by atoms with Crippen LogP contribution in [-0.4, -0.2) is 30.5 Å². The third-order valence-corrected chi connectivity index (χ3v) is 4.50. The lowest BCUT2D eigenvalue weighted by molar-refractivity contribution is -0.122. The Labute approximate surface area is 154 Å². The topological polar surface area (TPSA) is 41.6 Å². The molecule has 0 unspecified atom stereocenters. The number of nitrogens with one attached hydrogen (secondary N) is 1. The van der Waals surface area contributed by atoms with E-state index in [0.717, 1.165) is 29.5 Å². The molecule has 1 N–H and O–H groups in total. The van der Waals surface area contributed by atoms with Crippen molar-refractivity contribution in [1.29, 1.82) is 0 Å². The van der Waals surface area contributed by atoms with Gasteiger partial charge in [0.2, 0.25) is 5.91 Å². The van der Waals surface area contributed by atoms with E-state index in [9.17, 15) is 9.18 Å². The number of benzene rings is 2. The van der Waals surface area contributed by atoms with Gasteiger partial charge < -0.3 is 10.1 Å². The van der Waals surface area contributed by atoms with Gasteiger partial charge in [-0.1, -0.05) is 36.4 Å². The molecular formula is C21H25FN2O2. The number of halogens is 1. The van der Waals surface area contributed by atoms with Crippen LogP contribution in [-0.2, 0) is 29.2 Å². The van der Waals surface area contributed by atoms with Gasteiger partial charge in [0.25, 0.3) is 0 Å². The minimum atomic E-state index is -0.236. The minimum Gasteiger partial charge on any atom is -0.380 e. The molecule has 0 atom stereocenters. The Morgan fingerprint density at radius 2 is 1.88 bits per heavy atom. The first-order valence-corrected chi connectivity index (χ1v) is 8.96. The summed E-state index contributed by atoms with van der Waals surface area (Å²) in [5.74, 6) is -0.226. The van der Waals surface area contributed by atoms with Crippen molar-refractivity contribution in [2.45, 2.75) is 38.6 Å². The molecule has 5 heteroatoms. The van der Waals surface area contributed by atoms with Gasteiger partial charge in [-0.25, -0.2) is 4.39 Å². The molecule has 3 rings (SSSR count). The maximum atomic E-state index is 13.1. The smallest absolute Gasteiger partial charge is 0.234 e. The third kappa shape index (κ3) is 5.64. The molecule has 1 fully saturated rings. The molecule has 0 spiro atoms. The van der Waals surface area contributed by atoms with Crippen LogP contribution in [0.5, 0.6) is 0 Å². The fourth-order valence-corrected chi connectivity index (χ4v) is 3.02. The number of hydrogen-bond donors (Lipinski definition) is 1. The van der Waals surface area contributed by atoms with E-state index in [2.05, 4.69) is 10.2 Å². The fraction of sp³-hybridized carbons (Fsp3) is 0.381. The van der Waals surface area contributed by atoms with Crippen molar-refractivity contribution in [2.24, 2.45) is 0 Å². The first-order valence-electron chi connectivity index (χ1n) is 8.96. The van der Waals surface area contributed by atoms with Crippen LogP contribution < -0.4 is 5.32 Å². The van der Waals surface area contributed by atoms with Gasteiger partial charge in [0.1, 0.15) is 5.82 Å². The highest BCUT2D eigenvalue weighted by atomic mass is 19.1. The average molecular weight is 356 g/mol. The molecule has 0 bridgehead atoms. The molecule has 4 nitrogen and oxygen atoms in total. The van der Waals surface area contributed by atoms with E-state index in [1.165, 1.54) is 12.1 Å². The molecule has 0 heterocycles. The minimum absolute atomic E-state index is 0.0103. The van der Waals surface area contributed by atoms with Crippen molar-refractivity contribution in [3.8, 4) is 0 Å². The highest BCUT2D eigenvalue weighted by Crippen LogP contribution is 2.28. The van der Waals surface area contributed by atoms with Crippen LogP contribution in [0.2, 0.25) is 0 Å². The first-order chi connectivity index (χ1) is 12.6. The zero-order chi connectivity index (χ0) is 18.4. The van der Waals surface area contributed by atoms with Crippen LogP contribution in [0, 0.1) is 5.82 Å². The van der Waals surface area contributed by atoms with Gasteiger partial charge in [0.05, 0.1) is 13.2 Å². The van der Waals surface area contributed by atoms with E-state index in [1.54, 1.807) is 19.2 Å². The Balaban J connectivity index is 1.52. The third-order valence-electron chi connectivity index (χ3n) is 4.50. The molecule has 26 heavy (non-hydrogen) atoms. The van der Waals surface area contributed by atoms with Crippen LogP contribution in [0.3, 0.4) is 0 Å². The normalized spacial score (nSPS) is 13.8. The van der Waals surface area contributed by atoms with Crippen molar-refractivity contribution in [3.05, 3.63) is 71.0 Å². The summed E-state index contributed by atoms with van der Waals surface area (Å²) in [6, 6.07) is 15.0. The lowest BCUT2D eigenvalue weighted by Gasteiger charge is -2.21. The zero-order valence-electron chi connectivity index (χ0n) is 15.1. The summed E-state index contributed by atoms with van der Waals surface area (Å²) in [6.07, 6.45) is 2.24. The lowest BCUT2D eigenvalue weighted by atomic mass is 10.1. The van der Waals surface area contributed by atoms with Crippen LogP contribution in [0.4, 0.5) is 4.39 Å². The molecule has 138 valence electrons. The molecule has 0 saturated heterocycles. The highest BCUT2D eigenvalue weighted by Gasteiger charge is 2.30. The summed E-state index contributed by atoms with van der Waals surface area (Å²) in [6.45, 7) is 2.10. The van der Waals surface area contributed by atoms with Gasteiger partial charge in [0.15, 0.2) is 0 Å². The Morgan fingerprint density at radius 3 is 2.58 bits per heavy atom.